The van der Waals surface area contributed by atoms with Gasteiger partial charge in [-0.05, 0) is 12.3 Å². The lowest BCUT2D eigenvalue weighted by Gasteiger charge is -2.01. The standard InChI is InChI=1S/C4H5NO/c1-2-5-4-6-3-1/h1-2,5H,3H2. The molecule has 0 spiro atoms. The summed E-state index contributed by atoms with van der Waals surface area (Å²) in [5, 5.41) is 2.63. The third-order valence-electron chi connectivity index (χ3n) is 0.512. The molecule has 1 heterocycles. The summed E-state index contributed by atoms with van der Waals surface area (Å²) >= 11 is 0. The molecule has 2 heteroatoms. The number of rotatable bonds is 0. The van der Waals surface area contributed by atoms with Crippen LogP contribution in [0.3, 0.4) is 0 Å². The first-order chi connectivity index (χ1) is 3.00. The molecule has 32 valence electrons. The van der Waals surface area contributed by atoms with Crippen LogP contribution in [0, 0.1) is 6.73 Å². The minimum Gasteiger partial charge on any atom is -0.356 e. The second kappa shape index (κ2) is 1.82. The van der Waals surface area contributed by atoms with Gasteiger partial charge in [0.15, 0.2) is 0 Å². The van der Waals surface area contributed by atoms with E-state index >= 15 is 0 Å². The molecular weight excluding hydrogens is 78.0 g/mol. The maximum Gasteiger partial charge on any atom is 0.246 e. The van der Waals surface area contributed by atoms with Crippen LogP contribution in [-0.4, -0.2) is 6.61 Å². The van der Waals surface area contributed by atoms with Gasteiger partial charge in [-0.1, -0.05) is 0 Å². The zero-order valence-electron chi connectivity index (χ0n) is 3.27. The van der Waals surface area contributed by atoms with Crippen molar-refractivity contribution in [3.63, 3.8) is 0 Å². The fraction of sp³-hybridized carbons (Fsp3) is 0.250. The van der Waals surface area contributed by atoms with E-state index in [-0.39, 0.29) is 0 Å². The summed E-state index contributed by atoms with van der Waals surface area (Å²) in [4.78, 5) is 0. The molecule has 0 aliphatic carbocycles. The van der Waals surface area contributed by atoms with E-state index < -0.39 is 0 Å². The Balaban J connectivity index is 2.26. The predicted molar refractivity (Wildman–Crippen MR) is 21.5 cm³/mol. The Morgan fingerprint density at radius 1 is 1.83 bits per heavy atom. The van der Waals surface area contributed by atoms with E-state index in [0.717, 1.165) is 0 Å². The summed E-state index contributed by atoms with van der Waals surface area (Å²) in [6, 6.07) is 0. The van der Waals surface area contributed by atoms with Crippen LogP contribution < -0.4 is 5.32 Å². The maximum absolute atomic E-state index is 4.62. The van der Waals surface area contributed by atoms with Crippen molar-refractivity contribution in [2.45, 2.75) is 0 Å². The summed E-state index contributed by atoms with van der Waals surface area (Å²) in [6.07, 6.45) is 3.65. The van der Waals surface area contributed by atoms with Gasteiger partial charge in [0.25, 0.3) is 0 Å². The third-order valence-corrected chi connectivity index (χ3v) is 0.512. The van der Waals surface area contributed by atoms with Crippen LogP contribution in [0.4, 0.5) is 0 Å². The molecule has 0 saturated heterocycles. The number of hydrogen-bond donors (Lipinski definition) is 1. The lowest BCUT2D eigenvalue weighted by Crippen LogP contribution is -2.08. The molecule has 1 N–H and O–H groups in total. The van der Waals surface area contributed by atoms with E-state index in [9.17, 15) is 0 Å². The molecule has 1 aliphatic rings. The van der Waals surface area contributed by atoms with E-state index in [0.29, 0.717) is 6.61 Å². The van der Waals surface area contributed by atoms with Crippen molar-refractivity contribution in [2.24, 2.45) is 0 Å². The monoisotopic (exact) mass is 83.0 g/mol. The van der Waals surface area contributed by atoms with Crippen LogP contribution in [-0.2, 0) is 4.74 Å². The minimum atomic E-state index is 0.646. The summed E-state index contributed by atoms with van der Waals surface area (Å²) in [5.41, 5.74) is 0. The van der Waals surface area contributed by atoms with Gasteiger partial charge in [-0.15, -0.1) is 0 Å². The number of hydrogen-bond acceptors (Lipinski definition) is 2. The summed E-state index contributed by atoms with van der Waals surface area (Å²) in [5.74, 6) is 0. The first-order valence-corrected chi connectivity index (χ1v) is 1.77. The first kappa shape index (κ1) is 3.68. The van der Waals surface area contributed by atoms with Crippen molar-refractivity contribution < 1.29 is 4.74 Å². The molecule has 2 radical (unpaired) electrons. The van der Waals surface area contributed by atoms with Gasteiger partial charge in [-0.2, -0.15) is 0 Å². The molecule has 0 saturated carbocycles. The van der Waals surface area contributed by atoms with Gasteiger partial charge in [0.2, 0.25) is 6.73 Å². The quantitative estimate of drug-likeness (QED) is 0.449. The third kappa shape index (κ3) is 0.723. The molecule has 0 atom stereocenters. The van der Waals surface area contributed by atoms with Crippen LogP contribution in [0.1, 0.15) is 0 Å². The second-order valence-electron chi connectivity index (χ2n) is 0.960. The van der Waals surface area contributed by atoms with Crippen LogP contribution >= 0.6 is 0 Å². The maximum atomic E-state index is 4.62. The SMILES string of the molecule is [C]1NC=CCO1. The minimum absolute atomic E-state index is 0.646. The van der Waals surface area contributed by atoms with E-state index in [4.69, 9.17) is 0 Å². The average molecular weight is 83.1 g/mol. The number of nitrogens with one attached hydrogen (secondary N) is 1. The van der Waals surface area contributed by atoms with Gasteiger partial charge >= 0.3 is 0 Å². The zero-order valence-corrected chi connectivity index (χ0v) is 3.27. The fourth-order valence-electron chi connectivity index (χ4n) is 0.273. The van der Waals surface area contributed by atoms with Gasteiger partial charge in [-0.3, -0.25) is 0 Å². The lowest BCUT2D eigenvalue weighted by molar-refractivity contribution is 0.209. The summed E-state index contributed by atoms with van der Waals surface area (Å²) < 4.78 is 4.62. The zero-order chi connectivity index (χ0) is 4.24. The Labute approximate surface area is 36.8 Å². The van der Waals surface area contributed by atoms with Crippen LogP contribution in [0.25, 0.3) is 0 Å². The second-order valence-corrected chi connectivity index (χ2v) is 0.960. The fourth-order valence-corrected chi connectivity index (χ4v) is 0.273. The molecule has 0 aromatic heterocycles. The summed E-state index contributed by atoms with van der Waals surface area (Å²) in [7, 11) is 0. The molecule has 0 aromatic carbocycles. The summed E-state index contributed by atoms with van der Waals surface area (Å²) in [6.45, 7) is 3.09. The van der Waals surface area contributed by atoms with Crippen LogP contribution in [0.15, 0.2) is 12.3 Å². The van der Waals surface area contributed by atoms with Gasteiger partial charge in [-0.25, -0.2) is 0 Å². The molecular formula is C4H5NO. The van der Waals surface area contributed by atoms with E-state index in [1.165, 1.54) is 0 Å². The Kier molecular flexibility index (Phi) is 1.12. The van der Waals surface area contributed by atoms with Crippen molar-refractivity contribution in [3.05, 3.63) is 19.0 Å². The Bertz CT molecular complexity index is 52.6. The normalized spacial score (nSPS) is 20.0. The van der Waals surface area contributed by atoms with Gasteiger partial charge in [0.1, 0.15) is 0 Å². The molecule has 1 aliphatic heterocycles. The van der Waals surface area contributed by atoms with Gasteiger partial charge < -0.3 is 10.1 Å². The molecule has 0 aromatic rings. The molecule has 1 rings (SSSR count). The van der Waals surface area contributed by atoms with E-state index in [1.807, 2.05) is 6.08 Å². The van der Waals surface area contributed by atoms with Crippen molar-refractivity contribution >= 4 is 0 Å². The topological polar surface area (TPSA) is 21.3 Å². The Hall–Kier alpha value is -0.500. The van der Waals surface area contributed by atoms with Crippen molar-refractivity contribution in [1.82, 2.24) is 5.32 Å². The molecule has 0 fully saturated rings. The predicted octanol–water partition coefficient (Wildman–Crippen LogP) is 0.116. The van der Waals surface area contributed by atoms with Gasteiger partial charge in [0, 0.05) is 0 Å². The molecule has 6 heavy (non-hydrogen) atoms. The molecule has 0 bridgehead atoms. The van der Waals surface area contributed by atoms with Crippen LogP contribution in [0.5, 0.6) is 0 Å². The van der Waals surface area contributed by atoms with Crippen molar-refractivity contribution in [3.8, 4) is 0 Å². The highest BCUT2D eigenvalue weighted by atomic mass is 16.5. The Morgan fingerprint density at radius 2 is 2.83 bits per heavy atom. The van der Waals surface area contributed by atoms with Crippen molar-refractivity contribution in [1.29, 1.82) is 0 Å². The van der Waals surface area contributed by atoms with Crippen LogP contribution in [0.2, 0.25) is 0 Å². The van der Waals surface area contributed by atoms with E-state index in [2.05, 4.69) is 16.8 Å². The van der Waals surface area contributed by atoms with E-state index in [1.54, 1.807) is 6.20 Å². The largest absolute Gasteiger partial charge is 0.356 e. The Morgan fingerprint density at radius 3 is 3.00 bits per heavy atom. The smallest absolute Gasteiger partial charge is 0.246 e. The highest BCUT2D eigenvalue weighted by molar-refractivity contribution is 4.84. The molecule has 2 nitrogen and oxygen atoms in total. The van der Waals surface area contributed by atoms with Gasteiger partial charge in [0.05, 0.1) is 6.61 Å². The molecule has 0 amide bonds. The van der Waals surface area contributed by atoms with Crippen molar-refractivity contribution in [2.75, 3.05) is 6.61 Å². The highest BCUT2D eigenvalue weighted by Crippen LogP contribution is 1.83. The average Bonchev–Trinajstić information content (AvgIpc) is 1.72. The molecule has 0 unspecified atom stereocenters. The highest BCUT2D eigenvalue weighted by Gasteiger charge is 1.86. The number of ether oxygens (including phenoxy) is 1. The lowest BCUT2D eigenvalue weighted by atomic mass is 10.6. The first-order valence-electron chi connectivity index (χ1n) is 1.77.